The molecule has 1 nitrogen and oxygen atoms in total. The molecule has 18 heavy (non-hydrogen) atoms. The maximum Gasteiger partial charge on any atom is 0.00721 e. The van der Waals surface area contributed by atoms with E-state index in [9.17, 15) is 0 Å². The first-order valence-corrected chi connectivity index (χ1v) is 8.46. The first-order valence-electron chi connectivity index (χ1n) is 8.46. The first-order chi connectivity index (χ1) is 8.73. The molecule has 4 saturated carbocycles. The molecule has 0 radical (unpaired) electrons. The Bertz CT molecular complexity index is 242. The molecule has 0 saturated heterocycles. The van der Waals surface area contributed by atoms with Crippen molar-refractivity contribution < 1.29 is 0 Å². The lowest BCUT2D eigenvalue weighted by molar-refractivity contribution is -0.0623. The van der Waals surface area contributed by atoms with E-state index in [-0.39, 0.29) is 0 Å². The second kappa shape index (κ2) is 5.15. The summed E-state index contributed by atoms with van der Waals surface area (Å²) in [7, 11) is 0. The molecule has 0 spiro atoms. The van der Waals surface area contributed by atoms with Crippen molar-refractivity contribution in [2.24, 2.45) is 23.2 Å². The molecule has 0 aromatic rings. The quantitative estimate of drug-likeness (QED) is 0.737. The van der Waals surface area contributed by atoms with Gasteiger partial charge in [0.05, 0.1) is 0 Å². The summed E-state index contributed by atoms with van der Waals surface area (Å²) in [6.07, 6.45) is 13.7. The van der Waals surface area contributed by atoms with Crippen molar-refractivity contribution in [1.82, 2.24) is 5.32 Å². The summed E-state index contributed by atoms with van der Waals surface area (Å²) >= 11 is 0. The Kier molecular flexibility index (Phi) is 3.71. The van der Waals surface area contributed by atoms with Crippen LogP contribution < -0.4 is 5.32 Å². The molecule has 0 aromatic heterocycles. The Labute approximate surface area is 113 Å². The van der Waals surface area contributed by atoms with Gasteiger partial charge in [-0.1, -0.05) is 20.3 Å². The molecule has 0 amide bonds. The van der Waals surface area contributed by atoms with E-state index in [1.165, 1.54) is 19.3 Å². The lowest BCUT2D eigenvalue weighted by Gasteiger charge is -2.57. The zero-order valence-corrected chi connectivity index (χ0v) is 12.4. The summed E-state index contributed by atoms with van der Waals surface area (Å²) in [6, 6.07) is 0.802. The predicted molar refractivity (Wildman–Crippen MR) is 77.6 cm³/mol. The SMILES string of the molecule is CCCC(CC12CC3CC(CC(C3)C1)C2)NCC. The minimum absolute atomic E-state index is 0.761. The second-order valence-corrected chi connectivity index (χ2v) is 7.66. The Morgan fingerprint density at radius 3 is 2.00 bits per heavy atom. The van der Waals surface area contributed by atoms with Gasteiger partial charge in [0.2, 0.25) is 0 Å². The van der Waals surface area contributed by atoms with Crippen molar-refractivity contribution in [3.63, 3.8) is 0 Å². The van der Waals surface area contributed by atoms with Crippen LogP contribution in [0, 0.1) is 23.2 Å². The van der Waals surface area contributed by atoms with Crippen LogP contribution >= 0.6 is 0 Å². The van der Waals surface area contributed by atoms with Crippen LogP contribution in [0.2, 0.25) is 0 Å². The van der Waals surface area contributed by atoms with E-state index >= 15 is 0 Å². The van der Waals surface area contributed by atoms with Gasteiger partial charge in [0.1, 0.15) is 0 Å². The molecule has 1 N–H and O–H groups in total. The third-order valence-electron chi connectivity index (χ3n) is 5.97. The normalized spacial score (nSPS) is 43.3. The summed E-state index contributed by atoms with van der Waals surface area (Å²) in [5, 5.41) is 3.76. The van der Waals surface area contributed by atoms with E-state index in [1.807, 2.05) is 0 Å². The van der Waals surface area contributed by atoms with Crippen molar-refractivity contribution in [1.29, 1.82) is 0 Å². The number of rotatable bonds is 6. The number of hydrogen-bond donors (Lipinski definition) is 1. The van der Waals surface area contributed by atoms with Gasteiger partial charge in [0.25, 0.3) is 0 Å². The van der Waals surface area contributed by atoms with E-state index in [1.54, 1.807) is 38.5 Å². The van der Waals surface area contributed by atoms with Gasteiger partial charge in [-0.3, -0.25) is 0 Å². The standard InChI is InChI=1S/C17H31N/c1-3-5-16(18-4-2)12-17-9-13-6-14(10-17)8-15(7-13)11-17/h13-16,18H,3-12H2,1-2H3. The molecule has 0 heterocycles. The van der Waals surface area contributed by atoms with Crippen LogP contribution in [0.3, 0.4) is 0 Å². The lowest BCUT2D eigenvalue weighted by atomic mass is 9.48. The molecule has 0 aromatic carbocycles. The molecule has 4 aliphatic carbocycles. The van der Waals surface area contributed by atoms with Crippen LogP contribution in [0.5, 0.6) is 0 Å². The third kappa shape index (κ3) is 2.48. The molecule has 4 aliphatic rings. The molecule has 1 atom stereocenters. The Morgan fingerprint density at radius 2 is 1.56 bits per heavy atom. The Balaban J connectivity index is 1.67. The van der Waals surface area contributed by atoms with Gasteiger partial charge < -0.3 is 5.32 Å². The van der Waals surface area contributed by atoms with Gasteiger partial charge in [-0.2, -0.15) is 0 Å². The Morgan fingerprint density at radius 1 is 1.00 bits per heavy atom. The van der Waals surface area contributed by atoms with E-state index in [4.69, 9.17) is 0 Å². The minimum Gasteiger partial charge on any atom is -0.314 e. The van der Waals surface area contributed by atoms with Gasteiger partial charge >= 0.3 is 0 Å². The van der Waals surface area contributed by atoms with Gasteiger partial charge in [0.15, 0.2) is 0 Å². The molecular weight excluding hydrogens is 218 g/mol. The highest BCUT2D eigenvalue weighted by Gasteiger charge is 2.51. The smallest absolute Gasteiger partial charge is 0.00721 e. The van der Waals surface area contributed by atoms with Crippen molar-refractivity contribution >= 4 is 0 Å². The zero-order valence-electron chi connectivity index (χ0n) is 12.4. The molecular formula is C17H31N. The molecule has 4 rings (SSSR count). The maximum atomic E-state index is 3.76. The summed E-state index contributed by atoms with van der Waals surface area (Å²) in [5.41, 5.74) is 0.761. The zero-order chi connectivity index (χ0) is 12.6. The van der Waals surface area contributed by atoms with Crippen molar-refractivity contribution in [2.75, 3.05) is 6.54 Å². The monoisotopic (exact) mass is 249 g/mol. The van der Waals surface area contributed by atoms with Crippen LogP contribution in [-0.2, 0) is 0 Å². The lowest BCUT2D eigenvalue weighted by Crippen LogP contribution is -2.48. The van der Waals surface area contributed by atoms with Crippen LogP contribution in [0.25, 0.3) is 0 Å². The van der Waals surface area contributed by atoms with Gasteiger partial charge in [-0.25, -0.2) is 0 Å². The predicted octanol–water partition coefficient (Wildman–Crippen LogP) is 4.37. The first kappa shape index (κ1) is 13.0. The average Bonchev–Trinajstić information content (AvgIpc) is 2.26. The third-order valence-corrected chi connectivity index (χ3v) is 5.97. The molecule has 1 heteroatoms. The fourth-order valence-electron chi connectivity index (χ4n) is 5.98. The van der Waals surface area contributed by atoms with E-state index in [0.29, 0.717) is 0 Å². The Hall–Kier alpha value is -0.0400. The average molecular weight is 249 g/mol. The highest BCUT2D eigenvalue weighted by atomic mass is 14.9. The van der Waals surface area contributed by atoms with E-state index in [0.717, 1.165) is 35.8 Å². The summed E-state index contributed by atoms with van der Waals surface area (Å²) in [6.45, 7) is 5.75. The maximum absolute atomic E-state index is 3.76. The molecule has 1 unspecified atom stereocenters. The van der Waals surface area contributed by atoms with Crippen LogP contribution in [-0.4, -0.2) is 12.6 Å². The molecule has 0 aliphatic heterocycles. The molecule has 104 valence electrons. The van der Waals surface area contributed by atoms with Crippen molar-refractivity contribution in [2.45, 2.75) is 77.7 Å². The fourth-order valence-corrected chi connectivity index (χ4v) is 5.98. The van der Waals surface area contributed by atoms with Crippen LogP contribution in [0.4, 0.5) is 0 Å². The van der Waals surface area contributed by atoms with Gasteiger partial charge in [-0.05, 0) is 81.1 Å². The summed E-state index contributed by atoms with van der Waals surface area (Å²) in [5.74, 6) is 3.33. The van der Waals surface area contributed by atoms with Crippen molar-refractivity contribution in [3.05, 3.63) is 0 Å². The second-order valence-electron chi connectivity index (χ2n) is 7.66. The molecule has 4 fully saturated rings. The van der Waals surface area contributed by atoms with Crippen LogP contribution in [0.1, 0.15) is 71.6 Å². The largest absolute Gasteiger partial charge is 0.314 e. The highest BCUT2D eigenvalue weighted by molar-refractivity contribution is 5.02. The van der Waals surface area contributed by atoms with E-state index in [2.05, 4.69) is 19.2 Å². The highest BCUT2D eigenvalue weighted by Crippen LogP contribution is 2.61. The summed E-state index contributed by atoms with van der Waals surface area (Å²) in [4.78, 5) is 0. The van der Waals surface area contributed by atoms with Crippen molar-refractivity contribution in [3.8, 4) is 0 Å². The van der Waals surface area contributed by atoms with E-state index < -0.39 is 0 Å². The number of hydrogen-bond acceptors (Lipinski definition) is 1. The molecule has 4 bridgehead atoms. The van der Waals surface area contributed by atoms with Gasteiger partial charge in [-0.15, -0.1) is 0 Å². The summed E-state index contributed by atoms with van der Waals surface area (Å²) < 4.78 is 0. The fraction of sp³-hybridized carbons (Fsp3) is 1.00. The minimum atomic E-state index is 0.761. The van der Waals surface area contributed by atoms with Gasteiger partial charge in [0, 0.05) is 6.04 Å². The number of nitrogens with one attached hydrogen (secondary N) is 1. The topological polar surface area (TPSA) is 12.0 Å². The van der Waals surface area contributed by atoms with Crippen LogP contribution in [0.15, 0.2) is 0 Å².